The highest BCUT2D eigenvalue weighted by molar-refractivity contribution is 6.09. The molecule has 272 valence electrons. The van der Waals surface area contributed by atoms with Crippen LogP contribution in [-0.4, -0.2) is 19.3 Å². The smallest absolute Gasteiger partial charge is 0.137 e. The van der Waals surface area contributed by atoms with Gasteiger partial charge in [-0.2, -0.15) is 5.10 Å². The molecule has 3 aliphatic rings. The van der Waals surface area contributed by atoms with Gasteiger partial charge in [0.05, 0.1) is 28.1 Å². The van der Waals surface area contributed by atoms with Crippen molar-refractivity contribution in [2.75, 3.05) is 0 Å². The van der Waals surface area contributed by atoms with Crippen LogP contribution in [-0.2, 0) is 0 Å². The molecule has 5 heteroatoms. The maximum atomic E-state index is 6.85. The minimum Gasteiger partial charge on any atom is -0.457 e. The molecule has 6 aromatic rings. The Morgan fingerprint density at radius 3 is 2.21 bits per heavy atom. The van der Waals surface area contributed by atoms with Crippen molar-refractivity contribution < 1.29 is 4.74 Å². The summed E-state index contributed by atoms with van der Waals surface area (Å²) in [5, 5.41) is 8.16. The SMILES string of the molecule is CC1=CCC[C@H](C)[C@@H]1c1c(C2CCCCC2)nn(-c2cc(C)cc(Oc3ccc4c5ccccc5n(-c5cc(C)ccn5)c4c3)c2)c1C1CCCCC1. The molecule has 2 fully saturated rings. The number of ether oxygens (including phenoxy) is 1. The van der Waals surface area contributed by atoms with Gasteiger partial charge < -0.3 is 4.74 Å². The van der Waals surface area contributed by atoms with Crippen LogP contribution < -0.4 is 4.74 Å². The first-order chi connectivity index (χ1) is 25.9. The Balaban J connectivity index is 1.17. The zero-order valence-electron chi connectivity index (χ0n) is 32.1. The Hall–Kier alpha value is -4.64. The minimum atomic E-state index is 0.452. The average Bonchev–Trinajstić information content (AvgIpc) is 3.72. The number of para-hydroxylation sites is 1. The fraction of sp³-hybridized carbons (Fsp3) is 0.417. The second-order valence-electron chi connectivity index (χ2n) is 16.6. The van der Waals surface area contributed by atoms with E-state index in [2.05, 4.69) is 116 Å². The predicted molar refractivity (Wildman–Crippen MR) is 218 cm³/mol. The van der Waals surface area contributed by atoms with E-state index in [1.807, 2.05) is 6.20 Å². The third-order valence-corrected chi connectivity index (χ3v) is 12.7. The van der Waals surface area contributed by atoms with Crippen molar-refractivity contribution in [3.05, 3.63) is 119 Å². The van der Waals surface area contributed by atoms with E-state index in [1.165, 1.54) is 110 Å². The molecule has 0 aliphatic heterocycles. The van der Waals surface area contributed by atoms with Crippen LogP contribution in [0.5, 0.6) is 11.5 Å². The van der Waals surface area contributed by atoms with Gasteiger partial charge in [0, 0.05) is 52.4 Å². The Labute approximate surface area is 315 Å². The molecule has 0 unspecified atom stereocenters. The van der Waals surface area contributed by atoms with Crippen LogP contribution in [0, 0.1) is 19.8 Å². The minimum absolute atomic E-state index is 0.452. The first-order valence-electron chi connectivity index (χ1n) is 20.5. The molecule has 0 saturated heterocycles. The van der Waals surface area contributed by atoms with E-state index in [9.17, 15) is 0 Å². The van der Waals surface area contributed by atoms with Gasteiger partial charge in [-0.15, -0.1) is 0 Å². The zero-order valence-corrected chi connectivity index (χ0v) is 32.1. The number of rotatable bonds is 7. The Kier molecular flexibility index (Phi) is 9.22. The van der Waals surface area contributed by atoms with E-state index in [0.717, 1.165) is 34.0 Å². The van der Waals surface area contributed by atoms with Gasteiger partial charge in [-0.25, -0.2) is 9.67 Å². The van der Waals surface area contributed by atoms with Gasteiger partial charge in [0.25, 0.3) is 0 Å². The number of benzene rings is 3. The highest BCUT2D eigenvalue weighted by Crippen LogP contribution is 2.49. The highest BCUT2D eigenvalue weighted by atomic mass is 16.5. The molecule has 0 spiro atoms. The fourth-order valence-corrected chi connectivity index (χ4v) is 10.2. The highest BCUT2D eigenvalue weighted by Gasteiger charge is 2.37. The molecule has 53 heavy (non-hydrogen) atoms. The summed E-state index contributed by atoms with van der Waals surface area (Å²) in [7, 11) is 0. The van der Waals surface area contributed by atoms with Crippen LogP contribution in [0.2, 0.25) is 0 Å². The number of fused-ring (bicyclic) bond motifs is 3. The number of hydrogen-bond donors (Lipinski definition) is 0. The second-order valence-corrected chi connectivity index (χ2v) is 16.6. The number of pyridine rings is 1. The summed E-state index contributed by atoms with van der Waals surface area (Å²) in [4.78, 5) is 4.79. The van der Waals surface area contributed by atoms with E-state index in [4.69, 9.17) is 14.8 Å². The van der Waals surface area contributed by atoms with Crippen molar-refractivity contribution >= 4 is 21.8 Å². The van der Waals surface area contributed by atoms with Crippen LogP contribution in [0.15, 0.2) is 90.6 Å². The normalized spacial score (nSPS) is 20.3. The summed E-state index contributed by atoms with van der Waals surface area (Å²) in [6.45, 7) is 9.22. The molecule has 5 nitrogen and oxygen atoms in total. The van der Waals surface area contributed by atoms with Gasteiger partial charge in [0.15, 0.2) is 0 Å². The quantitative estimate of drug-likeness (QED) is 0.156. The van der Waals surface area contributed by atoms with E-state index in [1.54, 1.807) is 11.1 Å². The van der Waals surface area contributed by atoms with Crippen molar-refractivity contribution in [1.82, 2.24) is 19.3 Å². The third kappa shape index (κ3) is 6.40. The average molecular weight is 703 g/mol. The first-order valence-corrected chi connectivity index (χ1v) is 20.5. The van der Waals surface area contributed by atoms with Gasteiger partial charge in [0.1, 0.15) is 17.3 Å². The molecular formula is C48H54N4O. The Morgan fingerprint density at radius 2 is 1.43 bits per heavy atom. The predicted octanol–water partition coefficient (Wildman–Crippen LogP) is 13.3. The molecule has 0 radical (unpaired) electrons. The fourth-order valence-electron chi connectivity index (χ4n) is 10.2. The number of hydrogen-bond acceptors (Lipinski definition) is 3. The molecule has 2 atom stereocenters. The lowest BCUT2D eigenvalue weighted by Crippen LogP contribution is -2.21. The largest absolute Gasteiger partial charge is 0.457 e. The van der Waals surface area contributed by atoms with E-state index >= 15 is 0 Å². The number of aromatic nitrogens is 4. The van der Waals surface area contributed by atoms with Gasteiger partial charge in [0.2, 0.25) is 0 Å². The van der Waals surface area contributed by atoms with E-state index in [-0.39, 0.29) is 0 Å². The lowest BCUT2D eigenvalue weighted by Gasteiger charge is -2.33. The number of aryl methyl sites for hydroxylation is 2. The lowest BCUT2D eigenvalue weighted by atomic mass is 9.71. The molecule has 0 amide bonds. The van der Waals surface area contributed by atoms with Crippen LogP contribution in [0.1, 0.15) is 137 Å². The molecule has 3 aliphatic carbocycles. The van der Waals surface area contributed by atoms with E-state index < -0.39 is 0 Å². The maximum absolute atomic E-state index is 6.85. The molecule has 2 saturated carbocycles. The van der Waals surface area contributed by atoms with Crippen molar-refractivity contribution in [3.8, 4) is 23.0 Å². The molecule has 3 heterocycles. The summed E-state index contributed by atoms with van der Waals surface area (Å²) in [6, 6.07) is 26.1. The summed E-state index contributed by atoms with van der Waals surface area (Å²) in [5.74, 6) is 4.75. The van der Waals surface area contributed by atoms with Crippen molar-refractivity contribution in [2.45, 2.75) is 122 Å². The van der Waals surface area contributed by atoms with Gasteiger partial charge in [-0.3, -0.25) is 4.57 Å². The van der Waals surface area contributed by atoms with Crippen LogP contribution in [0.25, 0.3) is 33.3 Å². The van der Waals surface area contributed by atoms with Crippen molar-refractivity contribution in [3.63, 3.8) is 0 Å². The third-order valence-electron chi connectivity index (χ3n) is 12.7. The Morgan fingerprint density at radius 1 is 0.679 bits per heavy atom. The van der Waals surface area contributed by atoms with E-state index in [0.29, 0.717) is 23.7 Å². The summed E-state index contributed by atoms with van der Waals surface area (Å²) in [6.07, 6.45) is 19.9. The molecule has 0 N–H and O–H groups in total. The summed E-state index contributed by atoms with van der Waals surface area (Å²) in [5.41, 5.74) is 11.8. The van der Waals surface area contributed by atoms with Gasteiger partial charge >= 0.3 is 0 Å². The van der Waals surface area contributed by atoms with Crippen LogP contribution in [0.3, 0.4) is 0 Å². The van der Waals surface area contributed by atoms with Crippen molar-refractivity contribution in [2.24, 2.45) is 5.92 Å². The molecule has 9 rings (SSSR count). The summed E-state index contributed by atoms with van der Waals surface area (Å²) >= 11 is 0. The van der Waals surface area contributed by atoms with Gasteiger partial charge in [-0.05, 0) is 119 Å². The summed E-state index contributed by atoms with van der Waals surface area (Å²) < 4.78 is 11.5. The molecule has 3 aromatic heterocycles. The van der Waals surface area contributed by atoms with Crippen LogP contribution in [0.4, 0.5) is 0 Å². The first kappa shape index (κ1) is 34.1. The molecule has 0 bridgehead atoms. The topological polar surface area (TPSA) is 44.9 Å². The lowest BCUT2D eigenvalue weighted by molar-refractivity contribution is 0.406. The number of allylic oxidation sites excluding steroid dienone is 2. The van der Waals surface area contributed by atoms with Crippen molar-refractivity contribution in [1.29, 1.82) is 0 Å². The monoisotopic (exact) mass is 702 g/mol. The molecule has 3 aromatic carbocycles. The molecular weight excluding hydrogens is 649 g/mol. The van der Waals surface area contributed by atoms with Gasteiger partial charge in [-0.1, -0.05) is 75.3 Å². The zero-order chi connectivity index (χ0) is 36.1. The maximum Gasteiger partial charge on any atom is 0.137 e. The Bertz CT molecular complexity index is 2310. The second kappa shape index (κ2) is 14.3. The number of nitrogens with zero attached hydrogens (tertiary/aromatic N) is 4. The van der Waals surface area contributed by atoms with Crippen LogP contribution >= 0.6 is 0 Å². The standard InChI is InChI=1S/C48H54N4O/c1-31-24-25-49-44(28-31)51-42-21-12-11-20-40(42)41-23-22-38(30-43(41)51)53-39-27-32(2)26-37(29-39)52-48(36-18-9-6-10-19-36)46(45-33(3)14-13-15-34(45)4)47(50-52)35-16-7-5-8-17-35/h11-12,14,20-30,34-36,45H,5-10,13,15-19H2,1-4H3/t34-,45+/m0/s1.